The summed E-state index contributed by atoms with van der Waals surface area (Å²) in [6.07, 6.45) is 0.334. The van der Waals surface area contributed by atoms with Gasteiger partial charge in [0.2, 0.25) is 0 Å². The lowest BCUT2D eigenvalue weighted by molar-refractivity contribution is -1.23. The second kappa shape index (κ2) is 4.43. The summed E-state index contributed by atoms with van der Waals surface area (Å²) in [5.41, 5.74) is -1.41. The summed E-state index contributed by atoms with van der Waals surface area (Å²) >= 11 is 0. The molecule has 1 heterocycles. The van der Waals surface area contributed by atoms with Crippen molar-refractivity contribution in [1.82, 2.24) is 5.06 Å². The lowest BCUT2D eigenvalue weighted by Crippen LogP contribution is -2.59. The summed E-state index contributed by atoms with van der Waals surface area (Å²) in [5, 5.41) is 23.1. The Kier molecular flexibility index (Phi) is 3.77. The zero-order valence-corrected chi connectivity index (χ0v) is 11.8. The fraction of sp³-hybridized carbons (Fsp3) is 0.909. The molecule has 0 aliphatic carbocycles. The molecule has 0 amide bonds. The summed E-state index contributed by atoms with van der Waals surface area (Å²) in [7, 11) is 1.14. The monoisotopic (exact) mass is 262 g/mol. The first-order chi connectivity index (χ1) is 7.95. The molecule has 0 radical (unpaired) electrons. The largest absolute Gasteiger partial charge is 0.564 e. The number of carbonyl (C=O) groups is 1. The molecule has 2 unspecified atom stereocenters. The van der Waals surface area contributed by atoms with Gasteiger partial charge in [0.15, 0.2) is 6.04 Å². The third-order valence-corrected chi connectivity index (χ3v) is 3.46. The third-order valence-electron chi connectivity index (χ3n) is 3.46. The van der Waals surface area contributed by atoms with Crippen LogP contribution in [0.5, 0.6) is 0 Å². The molecule has 1 saturated heterocycles. The zero-order valence-electron chi connectivity index (χ0n) is 11.8. The van der Waals surface area contributed by atoms with Gasteiger partial charge < -0.3 is 10.0 Å². The van der Waals surface area contributed by atoms with Crippen LogP contribution in [0.2, 0.25) is 0 Å². The first-order valence-electron chi connectivity index (χ1n) is 5.82. The summed E-state index contributed by atoms with van der Waals surface area (Å²) in [5.74, 6) is -0.462. The molecular formula is C11H22N2O5. The number of hydrogen-bond donors (Lipinski definition) is 1. The predicted octanol–water partition coefficient (Wildman–Crippen LogP) is 1.36. The molecule has 0 spiro atoms. The van der Waals surface area contributed by atoms with Crippen molar-refractivity contribution < 1.29 is 24.6 Å². The van der Waals surface area contributed by atoms with E-state index in [1.807, 2.05) is 13.8 Å². The summed E-state index contributed by atoms with van der Waals surface area (Å²) in [6.45, 7) is 8.44. The standard InChI is InChI=1S/C11H22N2O5/c1-8(14)18-12-10(2,3)7-9(11(12,4)5)13(15,16)17-6/h9,15H,7H2,1-6H3. The van der Waals surface area contributed by atoms with Gasteiger partial charge in [-0.15, -0.1) is 5.06 Å². The molecule has 0 saturated carbocycles. The van der Waals surface area contributed by atoms with Crippen molar-refractivity contribution in [2.24, 2.45) is 0 Å². The van der Waals surface area contributed by atoms with E-state index in [4.69, 9.17) is 4.84 Å². The van der Waals surface area contributed by atoms with Gasteiger partial charge in [-0.1, -0.05) is 4.97 Å². The average Bonchev–Trinajstić information content (AvgIpc) is 2.38. The highest BCUT2D eigenvalue weighted by molar-refractivity contribution is 5.65. The van der Waals surface area contributed by atoms with E-state index in [2.05, 4.69) is 4.84 Å². The fourth-order valence-corrected chi connectivity index (χ4v) is 2.73. The molecule has 0 aromatic carbocycles. The highest BCUT2D eigenvalue weighted by Gasteiger charge is 2.61. The van der Waals surface area contributed by atoms with Crippen molar-refractivity contribution in [3.63, 3.8) is 0 Å². The van der Waals surface area contributed by atoms with Gasteiger partial charge in [0.25, 0.3) is 0 Å². The second-order valence-corrected chi connectivity index (χ2v) is 5.81. The van der Waals surface area contributed by atoms with Crippen molar-refractivity contribution in [2.75, 3.05) is 7.11 Å². The molecule has 106 valence electrons. The molecule has 1 rings (SSSR count). The fourth-order valence-electron chi connectivity index (χ4n) is 2.73. The van der Waals surface area contributed by atoms with Crippen molar-refractivity contribution in [3.05, 3.63) is 5.21 Å². The van der Waals surface area contributed by atoms with E-state index in [1.165, 1.54) is 12.0 Å². The minimum absolute atomic E-state index is 0.334. The van der Waals surface area contributed by atoms with E-state index in [0.29, 0.717) is 6.42 Å². The third kappa shape index (κ3) is 2.50. The van der Waals surface area contributed by atoms with Crippen LogP contribution in [0.25, 0.3) is 0 Å². The Morgan fingerprint density at radius 1 is 1.44 bits per heavy atom. The number of quaternary nitrogens is 1. The van der Waals surface area contributed by atoms with Gasteiger partial charge >= 0.3 is 5.97 Å². The van der Waals surface area contributed by atoms with Gasteiger partial charge in [0.05, 0.1) is 5.54 Å². The van der Waals surface area contributed by atoms with Crippen LogP contribution < -0.4 is 0 Å². The molecule has 1 fully saturated rings. The van der Waals surface area contributed by atoms with Gasteiger partial charge in [0, 0.05) is 13.3 Å². The lowest BCUT2D eigenvalue weighted by Gasteiger charge is -2.42. The average molecular weight is 262 g/mol. The molecule has 1 N–H and O–H groups in total. The van der Waals surface area contributed by atoms with Gasteiger partial charge in [-0.05, 0) is 27.7 Å². The number of rotatable bonds is 3. The van der Waals surface area contributed by atoms with E-state index in [9.17, 15) is 15.2 Å². The predicted molar refractivity (Wildman–Crippen MR) is 62.6 cm³/mol. The normalized spacial score (nSPS) is 29.9. The van der Waals surface area contributed by atoms with Crippen LogP contribution in [-0.4, -0.2) is 45.4 Å². The number of nitrogens with zero attached hydrogens (tertiary/aromatic N) is 2. The summed E-state index contributed by atoms with van der Waals surface area (Å²) < 4.78 is 0. The van der Waals surface area contributed by atoms with E-state index in [1.54, 1.807) is 13.8 Å². The zero-order chi connectivity index (χ0) is 14.4. The van der Waals surface area contributed by atoms with Gasteiger partial charge in [-0.3, -0.25) is 4.79 Å². The molecule has 0 aromatic rings. The molecule has 0 aromatic heterocycles. The Morgan fingerprint density at radius 2 is 1.94 bits per heavy atom. The molecule has 1 aliphatic heterocycles. The Bertz CT molecular complexity index is 340. The SMILES string of the molecule is CO[N+]([O-])(O)C1CC(C)(C)N(OC(C)=O)C1(C)C. The maximum absolute atomic E-state index is 11.9. The molecule has 7 heteroatoms. The van der Waals surface area contributed by atoms with E-state index in [0.717, 1.165) is 7.11 Å². The number of hydrogen-bond acceptors (Lipinski definition) is 6. The highest BCUT2D eigenvalue weighted by atomic mass is 17.1. The number of hydroxylamine groups is 5. The van der Waals surface area contributed by atoms with Crippen LogP contribution in [0.4, 0.5) is 0 Å². The van der Waals surface area contributed by atoms with E-state index < -0.39 is 28.1 Å². The molecule has 1 aliphatic rings. The Balaban J connectivity index is 3.11. The Hall–Kier alpha value is -0.730. The molecule has 18 heavy (non-hydrogen) atoms. The van der Waals surface area contributed by atoms with Crippen molar-refractivity contribution >= 4 is 5.97 Å². The van der Waals surface area contributed by atoms with Crippen LogP contribution in [0.1, 0.15) is 41.0 Å². The molecule has 2 atom stereocenters. The topological polar surface area (TPSA) is 82.1 Å². The van der Waals surface area contributed by atoms with Crippen molar-refractivity contribution in [1.29, 1.82) is 0 Å². The Labute approximate surface area is 107 Å². The quantitative estimate of drug-likeness (QED) is 0.611. The highest BCUT2D eigenvalue weighted by Crippen LogP contribution is 2.45. The minimum Gasteiger partial charge on any atom is -0.564 e. The summed E-state index contributed by atoms with van der Waals surface area (Å²) in [4.78, 5) is 19.1. The lowest BCUT2D eigenvalue weighted by atomic mass is 9.95. The van der Waals surface area contributed by atoms with Crippen molar-refractivity contribution in [2.45, 2.75) is 58.2 Å². The summed E-state index contributed by atoms with van der Waals surface area (Å²) in [6, 6.07) is -0.781. The van der Waals surface area contributed by atoms with Gasteiger partial charge in [0.1, 0.15) is 12.6 Å². The van der Waals surface area contributed by atoms with E-state index in [-0.39, 0.29) is 0 Å². The molecule has 0 bridgehead atoms. The van der Waals surface area contributed by atoms with Gasteiger partial charge in [-0.25, -0.2) is 0 Å². The van der Waals surface area contributed by atoms with E-state index >= 15 is 0 Å². The van der Waals surface area contributed by atoms with Gasteiger partial charge in [-0.2, -0.15) is 10.0 Å². The van der Waals surface area contributed by atoms with Crippen LogP contribution in [0.3, 0.4) is 0 Å². The van der Waals surface area contributed by atoms with Crippen LogP contribution >= 0.6 is 0 Å². The second-order valence-electron chi connectivity index (χ2n) is 5.81. The first kappa shape index (κ1) is 15.3. The van der Waals surface area contributed by atoms with Crippen LogP contribution in [-0.2, 0) is 14.5 Å². The van der Waals surface area contributed by atoms with Crippen LogP contribution in [0, 0.1) is 5.21 Å². The Morgan fingerprint density at radius 3 is 2.33 bits per heavy atom. The number of carbonyl (C=O) groups excluding carboxylic acids is 1. The van der Waals surface area contributed by atoms with Crippen LogP contribution in [0.15, 0.2) is 0 Å². The maximum atomic E-state index is 11.9. The maximum Gasteiger partial charge on any atom is 0.322 e. The first-order valence-corrected chi connectivity index (χ1v) is 5.82. The smallest absolute Gasteiger partial charge is 0.322 e. The van der Waals surface area contributed by atoms with Crippen molar-refractivity contribution in [3.8, 4) is 0 Å². The molecular weight excluding hydrogens is 240 g/mol. The minimum atomic E-state index is -1.81. The molecule has 7 nitrogen and oxygen atoms in total.